The highest BCUT2D eigenvalue weighted by Gasteiger charge is 2.29. The van der Waals surface area contributed by atoms with Gasteiger partial charge >= 0.3 is 0 Å². The van der Waals surface area contributed by atoms with Crippen LogP contribution in [-0.2, 0) is 13.0 Å². The fourth-order valence-corrected chi connectivity index (χ4v) is 3.16. The van der Waals surface area contributed by atoms with Gasteiger partial charge < -0.3 is 4.74 Å². The molecule has 106 valence electrons. The number of nitrogens with zero attached hydrogens (tertiary/aromatic N) is 3. The predicted molar refractivity (Wildman–Crippen MR) is 80.2 cm³/mol. The van der Waals surface area contributed by atoms with E-state index in [-0.39, 0.29) is 0 Å². The van der Waals surface area contributed by atoms with Gasteiger partial charge in [0.25, 0.3) is 0 Å². The molecule has 3 rings (SSSR count). The maximum atomic E-state index is 6.07. The summed E-state index contributed by atoms with van der Waals surface area (Å²) in [6.07, 6.45) is 1.31. The molecule has 0 radical (unpaired) electrons. The number of aromatic nitrogens is 2. The summed E-state index contributed by atoms with van der Waals surface area (Å²) in [6.45, 7) is 6.98. The van der Waals surface area contributed by atoms with Crippen LogP contribution in [0.15, 0.2) is 24.3 Å². The molecule has 0 bridgehead atoms. The van der Waals surface area contributed by atoms with Crippen molar-refractivity contribution >= 4 is 11.3 Å². The number of aryl methyl sites for hydroxylation is 2. The number of benzene rings is 1. The second kappa shape index (κ2) is 5.89. The Morgan fingerprint density at radius 2 is 2.10 bits per heavy atom. The molecule has 1 aliphatic rings. The van der Waals surface area contributed by atoms with Gasteiger partial charge in [-0.2, -0.15) is 0 Å². The van der Waals surface area contributed by atoms with Crippen LogP contribution in [0.3, 0.4) is 0 Å². The van der Waals surface area contributed by atoms with Crippen molar-refractivity contribution in [3.63, 3.8) is 0 Å². The van der Waals surface area contributed by atoms with Crippen LogP contribution in [0.25, 0.3) is 0 Å². The first-order chi connectivity index (χ1) is 9.74. The summed E-state index contributed by atoms with van der Waals surface area (Å²) in [5.41, 5.74) is 1.28. The summed E-state index contributed by atoms with van der Waals surface area (Å²) in [5, 5.41) is 10.3. The number of hydrogen-bond donors (Lipinski definition) is 0. The first-order valence-corrected chi connectivity index (χ1v) is 7.82. The van der Waals surface area contributed by atoms with Crippen molar-refractivity contribution in [1.29, 1.82) is 0 Å². The van der Waals surface area contributed by atoms with Gasteiger partial charge in [-0.05, 0) is 25.0 Å². The van der Waals surface area contributed by atoms with Gasteiger partial charge in [-0.25, -0.2) is 0 Å². The van der Waals surface area contributed by atoms with Crippen LogP contribution in [0, 0.1) is 6.92 Å². The summed E-state index contributed by atoms with van der Waals surface area (Å²) in [4.78, 5) is 2.35. The Morgan fingerprint density at radius 3 is 2.80 bits per heavy atom. The van der Waals surface area contributed by atoms with E-state index in [2.05, 4.69) is 40.2 Å². The number of hydrogen-bond acceptors (Lipinski definition) is 5. The molecule has 1 fully saturated rings. The minimum absolute atomic E-state index is 0.303. The molecule has 1 saturated heterocycles. The lowest BCUT2D eigenvalue weighted by Crippen LogP contribution is -2.53. The smallest absolute Gasteiger partial charge is 0.131 e. The lowest BCUT2D eigenvalue weighted by Gasteiger charge is -2.38. The second-order valence-corrected chi connectivity index (χ2v) is 6.38. The molecule has 4 nitrogen and oxygen atoms in total. The van der Waals surface area contributed by atoms with Crippen molar-refractivity contribution < 1.29 is 4.74 Å². The fraction of sp³-hybridized carbons (Fsp3) is 0.467. The van der Waals surface area contributed by atoms with E-state index in [4.69, 9.17) is 4.74 Å². The van der Waals surface area contributed by atoms with Crippen LogP contribution >= 0.6 is 11.3 Å². The zero-order chi connectivity index (χ0) is 13.9. The maximum Gasteiger partial charge on any atom is 0.131 e. The van der Waals surface area contributed by atoms with E-state index in [0.29, 0.717) is 6.10 Å². The molecule has 1 aliphatic heterocycles. The quantitative estimate of drug-likeness (QED) is 0.848. The van der Waals surface area contributed by atoms with E-state index in [1.54, 1.807) is 11.3 Å². The molecule has 5 heteroatoms. The zero-order valence-corrected chi connectivity index (χ0v) is 12.7. The van der Waals surface area contributed by atoms with Crippen molar-refractivity contribution in [3.05, 3.63) is 39.8 Å². The minimum atomic E-state index is 0.303. The minimum Gasteiger partial charge on any atom is -0.487 e. The molecule has 0 atom stereocenters. The van der Waals surface area contributed by atoms with Crippen LogP contribution in [-0.4, -0.2) is 34.3 Å². The zero-order valence-electron chi connectivity index (χ0n) is 11.9. The Hall–Kier alpha value is -1.46. The molecule has 0 unspecified atom stereocenters. The van der Waals surface area contributed by atoms with E-state index in [0.717, 1.165) is 41.8 Å². The molecule has 20 heavy (non-hydrogen) atoms. The van der Waals surface area contributed by atoms with E-state index >= 15 is 0 Å². The molecule has 1 aromatic carbocycles. The highest BCUT2D eigenvalue weighted by atomic mass is 32.1. The average molecular weight is 289 g/mol. The Morgan fingerprint density at radius 1 is 1.30 bits per heavy atom. The van der Waals surface area contributed by atoms with Crippen LogP contribution in [0.2, 0.25) is 0 Å². The van der Waals surface area contributed by atoms with Crippen molar-refractivity contribution in [2.45, 2.75) is 32.9 Å². The van der Waals surface area contributed by atoms with Crippen LogP contribution in [0.4, 0.5) is 0 Å². The van der Waals surface area contributed by atoms with Gasteiger partial charge in [-0.15, -0.1) is 21.5 Å². The number of para-hydroxylation sites is 1. The van der Waals surface area contributed by atoms with Crippen molar-refractivity contribution in [1.82, 2.24) is 15.1 Å². The Balaban J connectivity index is 1.51. The van der Waals surface area contributed by atoms with Gasteiger partial charge in [0.15, 0.2) is 0 Å². The monoisotopic (exact) mass is 289 g/mol. The third kappa shape index (κ3) is 2.99. The maximum absolute atomic E-state index is 6.07. The number of rotatable bonds is 5. The number of ether oxygens (including phenoxy) is 1. The Bertz CT molecular complexity index is 578. The standard InChI is InChI=1S/C15H19N3OS/c1-3-12-6-4-5-7-14(12)19-13-8-18(9-13)10-15-17-16-11(2)20-15/h4-7,13H,3,8-10H2,1-2H3. The summed E-state index contributed by atoms with van der Waals surface area (Å²) < 4.78 is 6.07. The SMILES string of the molecule is CCc1ccccc1OC1CN(Cc2nnc(C)s2)C1. The van der Waals surface area contributed by atoms with Gasteiger partial charge in [0.2, 0.25) is 0 Å². The second-order valence-electron chi connectivity index (χ2n) is 5.11. The fourth-order valence-electron chi connectivity index (χ4n) is 2.41. The summed E-state index contributed by atoms with van der Waals surface area (Å²) in [6, 6.07) is 8.30. The summed E-state index contributed by atoms with van der Waals surface area (Å²) in [5.74, 6) is 1.03. The molecule has 1 aromatic heterocycles. The van der Waals surface area contributed by atoms with E-state index in [1.807, 2.05) is 13.0 Å². The van der Waals surface area contributed by atoms with Gasteiger partial charge in [-0.1, -0.05) is 25.1 Å². The normalized spacial score (nSPS) is 16.1. The van der Waals surface area contributed by atoms with Crippen molar-refractivity contribution in [2.24, 2.45) is 0 Å². The van der Waals surface area contributed by atoms with Crippen molar-refractivity contribution in [2.75, 3.05) is 13.1 Å². The molecular weight excluding hydrogens is 270 g/mol. The van der Waals surface area contributed by atoms with Crippen molar-refractivity contribution in [3.8, 4) is 5.75 Å². The molecule has 0 saturated carbocycles. The average Bonchev–Trinajstić information content (AvgIpc) is 2.82. The lowest BCUT2D eigenvalue weighted by atomic mass is 10.1. The Kier molecular flexibility index (Phi) is 3.98. The van der Waals surface area contributed by atoms with E-state index in [1.165, 1.54) is 5.56 Å². The molecule has 0 spiro atoms. The Labute approximate surface area is 123 Å². The lowest BCUT2D eigenvalue weighted by molar-refractivity contribution is 0.0139. The largest absolute Gasteiger partial charge is 0.487 e. The third-order valence-electron chi connectivity index (χ3n) is 3.50. The summed E-state index contributed by atoms with van der Waals surface area (Å²) >= 11 is 1.67. The first-order valence-electron chi connectivity index (χ1n) is 7.00. The van der Waals surface area contributed by atoms with E-state index in [9.17, 15) is 0 Å². The molecule has 2 aromatic rings. The van der Waals surface area contributed by atoms with Gasteiger partial charge in [0.1, 0.15) is 21.9 Å². The molecular formula is C15H19N3OS. The van der Waals surface area contributed by atoms with Crippen LogP contribution in [0.5, 0.6) is 5.75 Å². The topological polar surface area (TPSA) is 38.2 Å². The van der Waals surface area contributed by atoms with Gasteiger partial charge in [0.05, 0.1) is 6.54 Å². The van der Waals surface area contributed by atoms with Gasteiger partial charge in [-0.3, -0.25) is 4.90 Å². The summed E-state index contributed by atoms with van der Waals surface area (Å²) in [7, 11) is 0. The highest BCUT2D eigenvalue weighted by molar-refractivity contribution is 7.11. The first kappa shape index (κ1) is 13.5. The number of likely N-dealkylation sites (tertiary alicyclic amines) is 1. The molecule has 0 amide bonds. The molecule has 2 heterocycles. The highest BCUT2D eigenvalue weighted by Crippen LogP contribution is 2.24. The third-order valence-corrected chi connectivity index (χ3v) is 4.32. The predicted octanol–water partition coefficient (Wildman–Crippen LogP) is 2.67. The van der Waals surface area contributed by atoms with Crippen LogP contribution < -0.4 is 4.74 Å². The molecule has 0 N–H and O–H groups in total. The van der Waals surface area contributed by atoms with Gasteiger partial charge in [0, 0.05) is 13.1 Å². The van der Waals surface area contributed by atoms with Crippen LogP contribution in [0.1, 0.15) is 22.5 Å². The molecule has 0 aliphatic carbocycles. The van der Waals surface area contributed by atoms with E-state index < -0.39 is 0 Å².